The first-order chi connectivity index (χ1) is 9.87. The molecule has 0 unspecified atom stereocenters. The van der Waals surface area contributed by atoms with Gasteiger partial charge < -0.3 is 15.1 Å². The summed E-state index contributed by atoms with van der Waals surface area (Å²) in [5, 5.41) is 9.76. The first-order valence-electron chi connectivity index (χ1n) is 5.72. The van der Waals surface area contributed by atoms with Crippen molar-refractivity contribution in [3.63, 3.8) is 0 Å². The van der Waals surface area contributed by atoms with E-state index in [4.69, 9.17) is 11.6 Å². The Bertz CT molecular complexity index is 745. The highest BCUT2D eigenvalue weighted by Crippen LogP contribution is 2.26. The molecule has 1 aromatic heterocycles. The molecule has 0 atom stereocenters. The Morgan fingerprint density at radius 2 is 1.81 bits per heavy atom. The van der Waals surface area contributed by atoms with Gasteiger partial charge in [-0.05, 0) is 36.1 Å². The van der Waals surface area contributed by atoms with Gasteiger partial charge in [-0.15, -0.1) is 0 Å². The van der Waals surface area contributed by atoms with E-state index >= 15 is 0 Å². The van der Waals surface area contributed by atoms with Gasteiger partial charge in [0, 0.05) is 12.6 Å². The van der Waals surface area contributed by atoms with Gasteiger partial charge in [0.1, 0.15) is 5.15 Å². The Balaban J connectivity index is 2.19. The average molecular weight is 326 g/mol. The number of nitrogens with one attached hydrogen (secondary N) is 1. The maximum absolute atomic E-state index is 12.1. The van der Waals surface area contributed by atoms with Crippen LogP contribution in [-0.4, -0.2) is 24.5 Å². The van der Waals surface area contributed by atoms with Crippen LogP contribution in [0.15, 0.2) is 41.3 Å². The van der Waals surface area contributed by atoms with Crippen LogP contribution in [-0.2, 0) is 14.8 Å². The van der Waals surface area contributed by atoms with Gasteiger partial charge in [-0.1, -0.05) is 17.7 Å². The molecule has 7 nitrogen and oxygen atoms in total. The maximum Gasteiger partial charge on any atom is 0.221 e. The van der Waals surface area contributed by atoms with Crippen molar-refractivity contribution in [1.82, 2.24) is 10.2 Å². The number of hydrogen-bond donors (Lipinski definition) is 1. The molecule has 2 aromatic rings. The predicted octanol–water partition coefficient (Wildman–Crippen LogP) is 2.48. The molecule has 1 heterocycles. The van der Waals surface area contributed by atoms with Crippen molar-refractivity contribution in [3.8, 4) is 0 Å². The number of sulfonamides is 1. The molecule has 0 saturated heterocycles. The number of benzene rings is 1. The van der Waals surface area contributed by atoms with E-state index in [2.05, 4.69) is 20.2 Å². The van der Waals surface area contributed by atoms with E-state index in [9.17, 15) is 13.2 Å². The second-order valence-corrected chi connectivity index (χ2v) is 5.98. The van der Waals surface area contributed by atoms with Gasteiger partial charge in [-0.25, -0.2) is 13.5 Å². The number of aromatic nitrogens is 2. The molecule has 1 N–H and O–H groups in total. The molecule has 2 rings (SSSR count). The van der Waals surface area contributed by atoms with Gasteiger partial charge in [0.25, 0.3) is 0 Å². The Hall–Kier alpha value is -2.19. The second kappa shape index (κ2) is 6.06. The van der Waals surface area contributed by atoms with Crippen LogP contribution in [0.3, 0.4) is 0 Å². The monoisotopic (exact) mass is 325 g/mol. The lowest BCUT2D eigenvalue weighted by molar-refractivity contribution is -0.114. The lowest BCUT2D eigenvalue weighted by Gasteiger charge is -2.14. The van der Waals surface area contributed by atoms with Gasteiger partial charge >= 0.3 is 0 Å². The van der Waals surface area contributed by atoms with E-state index in [1.807, 2.05) is 0 Å². The van der Waals surface area contributed by atoms with Crippen LogP contribution < -0.4 is 5.32 Å². The number of halogens is 1. The lowest BCUT2D eigenvalue weighted by atomic mass is 10.3. The van der Waals surface area contributed by atoms with Crippen molar-refractivity contribution < 1.29 is 13.2 Å². The van der Waals surface area contributed by atoms with Gasteiger partial charge in [-0.3, -0.25) is 4.79 Å². The summed E-state index contributed by atoms with van der Waals surface area (Å²) >= 11 is 5.56. The van der Waals surface area contributed by atoms with Gasteiger partial charge in [0.05, 0.1) is 4.90 Å². The van der Waals surface area contributed by atoms with E-state index in [1.54, 1.807) is 0 Å². The standard InChI is InChI=1S/C12H11ClN4O3S/c1-8(18)14-9-2-4-10(5-3-9)21(19,20)17-12-7-6-11(13)15-16-12/h2-7H,1H3,(H2,14,16,17,18)/p-1. The zero-order valence-corrected chi connectivity index (χ0v) is 12.4. The molecule has 21 heavy (non-hydrogen) atoms. The Morgan fingerprint density at radius 3 is 2.33 bits per heavy atom. The predicted molar refractivity (Wildman–Crippen MR) is 78.0 cm³/mol. The number of nitrogens with zero attached hydrogens (tertiary/aromatic N) is 3. The van der Waals surface area contributed by atoms with Crippen LogP contribution in [0.4, 0.5) is 11.5 Å². The first kappa shape index (κ1) is 15.2. The first-order valence-corrected chi connectivity index (χ1v) is 7.53. The third-order valence-corrected chi connectivity index (χ3v) is 3.80. The van der Waals surface area contributed by atoms with Gasteiger partial charge in [0.15, 0.2) is 0 Å². The largest absolute Gasteiger partial charge is 0.352 e. The van der Waals surface area contributed by atoms with Crippen molar-refractivity contribution in [2.24, 2.45) is 0 Å². The molecule has 110 valence electrons. The SMILES string of the molecule is CC(=O)Nc1ccc(S(=O)(=O)[N-]c2ccc(Cl)nn2)cc1. The Labute approximate surface area is 126 Å². The molecule has 0 bridgehead atoms. The third-order valence-electron chi connectivity index (χ3n) is 2.30. The van der Waals surface area contributed by atoms with Crippen LogP contribution in [0.2, 0.25) is 5.15 Å². The van der Waals surface area contributed by atoms with Crippen LogP contribution in [0.25, 0.3) is 4.72 Å². The number of carbonyl (C=O) groups is 1. The zero-order valence-electron chi connectivity index (χ0n) is 10.8. The number of hydrogen-bond acceptors (Lipinski definition) is 5. The summed E-state index contributed by atoms with van der Waals surface area (Å²) in [6.45, 7) is 1.36. The van der Waals surface area contributed by atoms with Crippen LogP contribution >= 0.6 is 11.6 Å². The topological polar surface area (TPSA) is 103 Å². The van der Waals surface area contributed by atoms with E-state index in [0.717, 1.165) is 0 Å². The molecule has 0 spiro atoms. The minimum absolute atomic E-state index is 0.0200. The van der Waals surface area contributed by atoms with Crippen LogP contribution in [0.1, 0.15) is 6.92 Å². The molecule has 0 fully saturated rings. The quantitative estimate of drug-likeness (QED) is 0.930. The van der Waals surface area contributed by atoms with Crippen LogP contribution in [0.5, 0.6) is 0 Å². The zero-order chi connectivity index (χ0) is 15.5. The smallest absolute Gasteiger partial charge is 0.221 e. The van der Waals surface area contributed by atoms with Crippen molar-refractivity contribution in [2.45, 2.75) is 11.8 Å². The second-order valence-electron chi connectivity index (χ2n) is 3.99. The minimum atomic E-state index is -3.90. The highest BCUT2D eigenvalue weighted by Gasteiger charge is 2.10. The summed E-state index contributed by atoms with van der Waals surface area (Å²) < 4.78 is 27.7. The van der Waals surface area contributed by atoms with Crippen molar-refractivity contribution in [1.29, 1.82) is 0 Å². The Kier molecular flexibility index (Phi) is 4.39. The number of amides is 1. The molecule has 0 saturated carbocycles. The normalized spacial score (nSPS) is 11.0. The minimum Gasteiger partial charge on any atom is -0.352 e. The maximum atomic E-state index is 12.1. The highest BCUT2D eigenvalue weighted by atomic mass is 35.5. The molecular weight excluding hydrogens is 316 g/mol. The molecule has 1 aromatic carbocycles. The van der Waals surface area contributed by atoms with Crippen molar-refractivity contribution in [3.05, 3.63) is 46.3 Å². The van der Waals surface area contributed by atoms with Crippen molar-refractivity contribution in [2.75, 3.05) is 5.32 Å². The molecule has 9 heteroatoms. The fourth-order valence-corrected chi connectivity index (χ4v) is 2.48. The number of anilines is 1. The van der Waals surface area contributed by atoms with Gasteiger partial charge in [0.2, 0.25) is 15.9 Å². The molecule has 0 aliphatic rings. The van der Waals surface area contributed by atoms with Crippen molar-refractivity contribution >= 4 is 39.0 Å². The summed E-state index contributed by atoms with van der Waals surface area (Å²) in [6.07, 6.45) is 0. The average Bonchev–Trinajstić information content (AvgIpc) is 2.41. The molecule has 1 amide bonds. The lowest BCUT2D eigenvalue weighted by Crippen LogP contribution is -2.06. The van der Waals surface area contributed by atoms with E-state index in [1.165, 1.54) is 43.3 Å². The molecule has 0 aliphatic heterocycles. The Morgan fingerprint density at radius 1 is 1.14 bits per heavy atom. The van der Waals surface area contributed by atoms with Crippen LogP contribution in [0, 0.1) is 0 Å². The summed E-state index contributed by atoms with van der Waals surface area (Å²) in [5.41, 5.74) is 0.493. The highest BCUT2D eigenvalue weighted by molar-refractivity contribution is 7.94. The number of carbonyl (C=O) groups excluding carboxylic acids is 1. The summed E-state index contributed by atoms with van der Waals surface area (Å²) in [7, 11) is -3.90. The van der Waals surface area contributed by atoms with E-state index < -0.39 is 10.0 Å². The number of rotatable bonds is 4. The summed E-state index contributed by atoms with van der Waals surface area (Å²) in [4.78, 5) is 10.9. The summed E-state index contributed by atoms with van der Waals surface area (Å²) in [5.74, 6) is -0.308. The molecule has 0 aliphatic carbocycles. The third kappa shape index (κ3) is 4.14. The fraction of sp³-hybridized carbons (Fsp3) is 0.0833. The molecular formula is C12H10ClN4O3S-. The molecule has 0 radical (unpaired) electrons. The summed E-state index contributed by atoms with van der Waals surface area (Å²) in [6, 6.07) is 8.36. The van der Waals surface area contributed by atoms with E-state index in [0.29, 0.717) is 5.69 Å². The fourth-order valence-electron chi connectivity index (χ4n) is 1.45. The van der Waals surface area contributed by atoms with E-state index in [-0.39, 0.29) is 21.8 Å². The van der Waals surface area contributed by atoms with Gasteiger partial charge in [-0.2, -0.15) is 0 Å².